The van der Waals surface area contributed by atoms with Gasteiger partial charge in [-0.05, 0) is 54.4 Å². The van der Waals surface area contributed by atoms with E-state index in [-0.39, 0.29) is 10.8 Å². The van der Waals surface area contributed by atoms with Gasteiger partial charge in [-0.25, -0.2) is 8.42 Å². The first-order chi connectivity index (χ1) is 14.7. The maximum atomic E-state index is 13.2. The van der Waals surface area contributed by atoms with Crippen LogP contribution in [-0.2, 0) is 16.6 Å². The van der Waals surface area contributed by atoms with Gasteiger partial charge >= 0.3 is 0 Å². The molecule has 0 radical (unpaired) electrons. The van der Waals surface area contributed by atoms with E-state index in [9.17, 15) is 13.2 Å². The SMILES string of the molecule is COc1ccc(CN(C)C(=O)c2cccc(S(=O)(=O)N(C)c3ccccc3C)c2)cc1. The zero-order valence-corrected chi connectivity index (χ0v) is 18.9. The van der Waals surface area contributed by atoms with Crippen LogP contribution in [0.5, 0.6) is 5.75 Å². The Labute approximate surface area is 183 Å². The molecular weight excluding hydrogens is 412 g/mol. The van der Waals surface area contributed by atoms with Crippen molar-refractivity contribution in [1.29, 1.82) is 0 Å². The molecule has 3 rings (SSSR count). The van der Waals surface area contributed by atoms with Crippen molar-refractivity contribution in [3.8, 4) is 5.75 Å². The van der Waals surface area contributed by atoms with Gasteiger partial charge in [0.2, 0.25) is 0 Å². The lowest BCUT2D eigenvalue weighted by Gasteiger charge is -2.22. The van der Waals surface area contributed by atoms with Crippen LogP contribution in [-0.4, -0.2) is 40.4 Å². The Morgan fingerprint density at radius 3 is 2.26 bits per heavy atom. The molecule has 0 N–H and O–H groups in total. The Morgan fingerprint density at radius 2 is 1.61 bits per heavy atom. The van der Waals surface area contributed by atoms with Crippen molar-refractivity contribution in [3.63, 3.8) is 0 Å². The molecular formula is C24H26N2O4S. The normalized spacial score (nSPS) is 11.1. The molecule has 0 saturated heterocycles. The molecule has 0 aliphatic carbocycles. The number of sulfonamides is 1. The van der Waals surface area contributed by atoms with Crippen LogP contribution < -0.4 is 9.04 Å². The number of aryl methyl sites for hydroxylation is 1. The van der Waals surface area contributed by atoms with Gasteiger partial charge in [-0.3, -0.25) is 9.10 Å². The number of carbonyl (C=O) groups excluding carboxylic acids is 1. The predicted octanol–water partition coefficient (Wildman–Crippen LogP) is 4.10. The van der Waals surface area contributed by atoms with Gasteiger partial charge in [0, 0.05) is 26.2 Å². The highest BCUT2D eigenvalue weighted by Crippen LogP contribution is 2.25. The molecule has 0 fully saturated rings. The van der Waals surface area contributed by atoms with E-state index in [0.717, 1.165) is 16.9 Å². The number of nitrogens with zero attached hydrogens (tertiary/aromatic N) is 2. The molecule has 0 unspecified atom stereocenters. The number of methoxy groups -OCH3 is 1. The molecule has 1 amide bonds. The summed E-state index contributed by atoms with van der Waals surface area (Å²) in [7, 11) is 0.989. The lowest BCUT2D eigenvalue weighted by molar-refractivity contribution is 0.0785. The molecule has 31 heavy (non-hydrogen) atoms. The average Bonchev–Trinajstić information content (AvgIpc) is 2.79. The molecule has 0 atom stereocenters. The molecule has 6 nitrogen and oxygen atoms in total. The first kappa shape index (κ1) is 22.4. The van der Waals surface area contributed by atoms with Gasteiger partial charge in [-0.2, -0.15) is 0 Å². The minimum Gasteiger partial charge on any atom is -0.497 e. The molecule has 0 saturated carbocycles. The number of hydrogen-bond acceptors (Lipinski definition) is 4. The smallest absolute Gasteiger partial charge is 0.264 e. The second-order valence-corrected chi connectivity index (χ2v) is 9.27. The first-order valence-electron chi connectivity index (χ1n) is 9.77. The quantitative estimate of drug-likeness (QED) is 0.557. The molecule has 0 aromatic heterocycles. The van der Waals surface area contributed by atoms with Crippen LogP contribution >= 0.6 is 0 Å². The summed E-state index contributed by atoms with van der Waals surface area (Å²) in [6, 6.07) is 20.9. The lowest BCUT2D eigenvalue weighted by Crippen LogP contribution is -2.28. The van der Waals surface area contributed by atoms with Crippen molar-refractivity contribution in [3.05, 3.63) is 89.5 Å². The fraction of sp³-hybridized carbons (Fsp3) is 0.208. The van der Waals surface area contributed by atoms with E-state index in [1.165, 1.54) is 23.5 Å². The number of carbonyl (C=O) groups is 1. The lowest BCUT2D eigenvalue weighted by atomic mass is 10.1. The zero-order chi connectivity index (χ0) is 22.6. The summed E-state index contributed by atoms with van der Waals surface area (Å²) in [6.07, 6.45) is 0. The standard InChI is InChI=1S/C24H26N2O4S/c1-18-8-5-6-11-23(18)26(3)31(28,29)22-10-7-9-20(16-22)24(27)25(2)17-19-12-14-21(30-4)15-13-19/h5-16H,17H2,1-4H3. The van der Waals surface area contributed by atoms with E-state index in [4.69, 9.17) is 4.74 Å². The molecule has 0 aliphatic heterocycles. The van der Waals surface area contributed by atoms with E-state index in [0.29, 0.717) is 17.8 Å². The monoisotopic (exact) mass is 438 g/mol. The van der Waals surface area contributed by atoms with E-state index in [2.05, 4.69) is 0 Å². The number of anilines is 1. The summed E-state index contributed by atoms with van der Waals surface area (Å²) in [5, 5.41) is 0. The summed E-state index contributed by atoms with van der Waals surface area (Å²) in [4.78, 5) is 14.6. The van der Waals surface area contributed by atoms with Gasteiger partial charge in [-0.15, -0.1) is 0 Å². The van der Waals surface area contributed by atoms with Gasteiger partial charge in [0.25, 0.3) is 15.9 Å². The topological polar surface area (TPSA) is 66.9 Å². The number of benzene rings is 3. The van der Waals surface area contributed by atoms with E-state index >= 15 is 0 Å². The minimum absolute atomic E-state index is 0.0713. The average molecular weight is 439 g/mol. The van der Waals surface area contributed by atoms with Crippen LogP contribution in [0.25, 0.3) is 0 Å². The third-order valence-corrected chi connectivity index (χ3v) is 6.89. The number of rotatable bonds is 7. The third kappa shape index (κ3) is 4.88. The highest BCUT2D eigenvalue weighted by molar-refractivity contribution is 7.92. The largest absolute Gasteiger partial charge is 0.497 e. The fourth-order valence-corrected chi connectivity index (χ4v) is 4.60. The Kier molecular flexibility index (Phi) is 6.65. The van der Waals surface area contributed by atoms with Gasteiger partial charge < -0.3 is 9.64 Å². The second kappa shape index (κ2) is 9.22. The number of para-hydroxylation sites is 1. The number of hydrogen-bond donors (Lipinski definition) is 0. The van der Waals surface area contributed by atoms with E-state index in [1.54, 1.807) is 43.3 Å². The maximum absolute atomic E-state index is 13.2. The summed E-state index contributed by atoms with van der Waals surface area (Å²) < 4.78 is 32.7. The highest BCUT2D eigenvalue weighted by atomic mass is 32.2. The predicted molar refractivity (Wildman–Crippen MR) is 122 cm³/mol. The van der Waals surface area contributed by atoms with E-state index < -0.39 is 10.0 Å². The van der Waals surface area contributed by atoms with Crippen molar-refractivity contribution >= 4 is 21.6 Å². The molecule has 3 aromatic rings. The summed E-state index contributed by atoms with van der Waals surface area (Å²) >= 11 is 0. The van der Waals surface area contributed by atoms with Crippen LogP contribution in [0.15, 0.2) is 77.7 Å². The summed E-state index contributed by atoms with van der Waals surface area (Å²) in [5.41, 5.74) is 2.70. The number of amides is 1. The second-order valence-electron chi connectivity index (χ2n) is 7.30. The Morgan fingerprint density at radius 1 is 0.935 bits per heavy atom. The van der Waals surface area contributed by atoms with Gasteiger partial charge in [0.15, 0.2) is 0 Å². The van der Waals surface area contributed by atoms with Crippen LogP contribution in [0.1, 0.15) is 21.5 Å². The van der Waals surface area contributed by atoms with Gasteiger partial charge in [0.05, 0.1) is 17.7 Å². The van der Waals surface area contributed by atoms with Gasteiger partial charge in [-0.1, -0.05) is 36.4 Å². The molecule has 162 valence electrons. The van der Waals surface area contributed by atoms with Crippen LogP contribution in [0.2, 0.25) is 0 Å². The zero-order valence-electron chi connectivity index (χ0n) is 18.1. The van der Waals surface area contributed by atoms with Crippen LogP contribution in [0.3, 0.4) is 0 Å². The molecule has 0 heterocycles. The first-order valence-corrected chi connectivity index (χ1v) is 11.2. The summed E-state index contributed by atoms with van der Waals surface area (Å²) in [5.74, 6) is 0.486. The fourth-order valence-electron chi connectivity index (χ4n) is 3.29. The van der Waals surface area contributed by atoms with Crippen LogP contribution in [0, 0.1) is 6.92 Å². The Hall–Kier alpha value is -3.32. The van der Waals surface area contributed by atoms with Crippen molar-refractivity contribution in [2.75, 3.05) is 25.5 Å². The molecule has 0 bridgehead atoms. The molecule has 0 aliphatic rings. The third-order valence-electron chi connectivity index (χ3n) is 5.12. The van der Waals surface area contributed by atoms with Crippen molar-refractivity contribution in [2.24, 2.45) is 0 Å². The number of ether oxygens (including phenoxy) is 1. The molecule has 3 aromatic carbocycles. The highest BCUT2D eigenvalue weighted by Gasteiger charge is 2.24. The minimum atomic E-state index is -3.81. The van der Waals surface area contributed by atoms with Crippen molar-refractivity contribution < 1.29 is 17.9 Å². The van der Waals surface area contributed by atoms with Crippen molar-refractivity contribution in [1.82, 2.24) is 4.90 Å². The summed E-state index contributed by atoms with van der Waals surface area (Å²) in [6.45, 7) is 2.25. The molecule has 0 spiro atoms. The maximum Gasteiger partial charge on any atom is 0.264 e. The van der Waals surface area contributed by atoms with Gasteiger partial charge in [0.1, 0.15) is 5.75 Å². The Balaban J connectivity index is 1.82. The Bertz CT molecular complexity index is 1170. The van der Waals surface area contributed by atoms with Crippen molar-refractivity contribution in [2.45, 2.75) is 18.4 Å². The molecule has 7 heteroatoms. The van der Waals surface area contributed by atoms with Crippen LogP contribution in [0.4, 0.5) is 5.69 Å². The van der Waals surface area contributed by atoms with E-state index in [1.807, 2.05) is 43.3 Å².